The monoisotopic (exact) mass is 153 g/mol. The molecule has 0 aliphatic heterocycles. The van der Waals surface area contributed by atoms with Gasteiger partial charge in [-0.25, -0.2) is 0 Å². The van der Waals surface area contributed by atoms with Crippen LogP contribution < -0.4 is 0 Å². The second kappa shape index (κ2) is 27.3. The van der Waals surface area contributed by atoms with Gasteiger partial charge < -0.3 is 0 Å². The quantitative estimate of drug-likeness (QED) is 0.369. The molecule has 0 heterocycles. The summed E-state index contributed by atoms with van der Waals surface area (Å²) < 4.78 is 0. The first-order valence-electron chi connectivity index (χ1n) is 0.577. The molecule has 0 spiro atoms. The van der Waals surface area contributed by atoms with Gasteiger partial charge in [0.1, 0.15) is 0 Å². The zero-order valence-electron chi connectivity index (χ0n) is 2.32. The van der Waals surface area contributed by atoms with Crippen LogP contribution in [0.15, 0.2) is 0 Å². The Balaban J connectivity index is -0.00000000500. The van der Waals surface area contributed by atoms with Gasteiger partial charge in [0.25, 0.3) is 0 Å². The van der Waals surface area contributed by atoms with Crippen molar-refractivity contribution in [1.82, 2.24) is 0 Å². The van der Waals surface area contributed by atoms with Crippen LogP contribution in [0.5, 0.6) is 0 Å². The molecule has 0 nitrogen and oxygen atoms in total. The normalized spacial score (nSPS) is 2.00. The molecule has 0 N–H and O–H groups in total. The third-order valence-electron chi connectivity index (χ3n) is 0. The minimum atomic E-state index is 0. The number of rotatable bonds is 0. The second-order valence-electron chi connectivity index (χ2n) is 0. The Morgan fingerprint density at radius 1 is 1.25 bits per heavy atom. The van der Waals surface area contributed by atoms with Crippen LogP contribution in [0.4, 0.5) is 0 Å². The SMILES string of the molecule is [B][SiH3].[Co].[Cr]. The van der Waals surface area contributed by atoms with Gasteiger partial charge in [0.15, 0.2) is 0 Å². The maximum Gasteiger partial charge on any atom is 0.0434 e. The van der Waals surface area contributed by atoms with E-state index in [0.29, 0.717) is 0 Å². The first-order valence-corrected chi connectivity index (χ1v) is 1.73. The summed E-state index contributed by atoms with van der Waals surface area (Å²) in [4.78, 5) is 0. The molecular weight excluding hydrogens is 150 g/mol. The van der Waals surface area contributed by atoms with Gasteiger partial charge in [-0.1, -0.05) is 0 Å². The Morgan fingerprint density at radius 3 is 1.25 bits per heavy atom. The van der Waals surface area contributed by atoms with Crippen LogP contribution in [-0.4, -0.2) is 17.6 Å². The van der Waals surface area contributed by atoms with E-state index < -0.39 is 0 Å². The third kappa shape index (κ3) is 10.3. The van der Waals surface area contributed by atoms with E-state index in [2.05, 4.69) is 7.44 Å². The van der Waals surface area contributed by atoms with Gasteiger partial charge in [0, 0.05) is 41.6 Å². The molecular formula is H3BCoCrSi. The van der Waals surface area contributed by atoms with E-state index in [1.165, 1.54) is 0 Å². The molecule has 0 bridgehead atoms. The van der Waals surface area contributed by atoms with Crippen molar-refractivity contribution in [3.8, 4) is 0 Å². The molecule has 3 radical (unpaired) electrons. The van der Waals surface area contributed by atoms with Gasteiger partial charge in [-0.3, -0.25) is 0 Å². The summed E-state index contributed by atoms with van der Waals surface area (Å²) in [6.45, 7) is 0. The van der Waals surface area contributed by atoms with E-state index in [1.54, 1.807) is 0 Å². The molecule has 0 aliphatic rings. The summed E-state index contributed by atoms with van der Waals surface area (Å²) in [6, 6.07) is 0. The van der Waals surface area contributed by atoms with Crippen molar-refractivity contribution in [2.24, 2.45) is 0 Å². The van der Waals surface area contributed by atoms with Crippen LogP contribution in [0.3, 0.4) is 0 Å². The molecule has 4 heteroatoms. The van der Waals surface area contributed by atoms with E-state index in [-0.39, 0.29) is 34.1 Å². The fourth-order valence-electron chi connectivity index (χ4n) is 0. The molecule has 0 aromatic heterocycles. The van der Waals surface area contributed by atoms with Crippen LogP contribution in [0.1, 0.15) is 0 Å². The average molecular weight is 153 g/mol. The molecule has 0 aromatic rings. The smallest absolute Gasteiger partial charge is 0.0388 e. The minimum Gasteiger partial charge on any atom is -0.0388 e. The topological polar surface area (TPSA) is 0 Å². The number of hydrogen-bond acceptors (Lipinski definition) is 0. The Hall–Kier alpha value is 1.32. The van der Waals surface area contributed by atoms with Crippen LogP contribution in [0.25, 0.3) is 0 Å². The van der Waals surface area contributed by atoms with Crippen molar-refractivity contribution in [2.75, 3.05) is 0 Å². The van der Waals surface area contributed by atoms with Gasteiger partial charge in [-0.05, 0) is 10.1 Å². The van der Waals surface area contributed by atoms with Gasteiger partial charge in [-0.15, -0.1) is 0 Å². The largest absolute Gasteiger partial charge is 0.0434 e. The molecule has 0 fully saturated rings. The van der Waals surface area contributed by atoms with E-state index >= 15 is 0 Å². The van der Waals surface area contributed by atoms with Gasteiger partial charge in [0.05, 0.1) is 0 Å². The van der Waals surface area contributed by atoms with Crippen molar-refractivity contribution in [1.29, 1.82) is 0 Å². The van der Waals surface area contributed by atoms with Gasteiger partial charge in [0.2, 0.25) is 0 Å². The van der Waals surface area contributed by atoms with Crippen molar-refractivity contribution in [2.45, 2.75) is 0 Å². The summed E-state index contributed by atoms with van der Waals surface area (Å²) in [6.07, 6.45) is 0. The molecule has 0 saturated carbocycles. The average Bonchev–Trinajstić information content (AvgIpc) is 1.00. The first-order chi connectivity index (χ1) is 1.00. The molecule has 0 aliphatic carbocycles. The van der Waals surface area contributed by atoms with Crippen molar-refractivity contribution < 1.29 is 34.1 Å². The Labute approximate surface area is 51.8 Å². The Morgan fingerprint density at radius 2 is 1.25 bits per heavy atom. The molecule has 4 heavy (non-hydrogen) atoms. The van der Waals surface area contributed by atoms with Crippen LogP contribution in [-0.2, 0) is 34.1 Å². The van der Waals surface area contributed by atoms with Crippen molar-refractivity contribution in [3.63, 3.8) is 0 Å². The van der Waals surface area contributed by atoms with Crippen LogP contribution in [0, 0.1) is 0 Å². The van der Waals surface area contributed by atoms with E-state index in [0.717, 1.165) is 10.1 Å². The summed E-state index contributed by atoms with van der Waals surface area (Å²) in [5, 5.41) is 0. The fourth-order valence-corrected chi connectivity index (χ4v) is 0. The van der Waals surface area contributed by atoms with Crippen LogP contribution in [0.2, 0.25) is 0 Å². The van der Waals surface area contributed by atoms with Gasteiger partial charge >= 0.3 is 0 Å². The van der Waals surface area contributed by atoms with Crippen LogP contribution >= 0.6 is 0 Å². The van der Waals surface area contributed by atoms with Gasteiger partial charge in [-0.2, -0.15) is 0 Å². The predicted octanol–water partition coefficient (Wildman–Crippen LogP) is -1.57. The zero-order valence-corrected chi connectivity index (χ0v) is 6.63. The molecule has 0 aromatic carbocycles. The van der Waals surface area contributed by atoms with E-state index in [4.69, 9.17) is 0 Å². The summed E-state index contributed by atoms with van der Waals surface area (Å²) in [5.74, 6) is 0. The second-order valence-corrected chi connectivity index (χ2v) is 0. The van der Waals surface area contributed by atoms with Crippen molar-refractivity contribution in [3.05, 3.63) is 0 Å². The molecule has 0 atom stereocenters. The molecule has 0 unspecified atom stereocenters. The van der Waals surface area contributed by atoms with E-state index in [1.807, 2.05) is 0 Å². The molecule has 0 amide bonds. The molecule has 0 saturated heterocycles. The third-order valence-corrected chi connectivity index (χ3v) is 0. The summed E-state index contributed by atoms with van der Waals surface area (Å²) in [7, 11) is 5.44. The Bertz CT molecular complexity index is 8.00. The zero-order chi connectivity index (χ0) is 2.00. The minimum absolute atomic E-state index is 0. The fraction of sp³-hybridized carbons (Fsp3) is 0. The predicted molar refractivity (Wildman–Crippen MR) is 15.7 cm³/mol. The number of hydrogen-bond donors (Lipinski definition) is 0. The first kappa shape index (κ1) is 18.4. The maximum absolute atomic E-state index is 4.64. The molecule has 25 valence electrons. The van der Waals surface area contributed by atoms with E-state index in [9.17, 15) is 0 Å². The Kier molecular flexibility index (Phi) is 126. The standard InChI is InChI=1S/BH3Si.Co.Cr/c1-2;;/h2H3;;. The summed E-state index contributed by atoms with van der Waals surface area (Å²) >= 11 is 0. The maximum atomic E-state index is 4.64. The van der Waals surface area contributed by atoms with Crippen molar-refractivity contribution >= 4 is 17.6 Å². The summed E-state index contributed by atoms with van der Waals surface area (Å²) in [5.41, 5.74) is 0. The molecule has 0 rings (SSSR count).